The molecule has 0 spiro atoms. The fourth-order valence-electron chi connectivity index (χ4n) is 3.52. The van der Waals surface area contributed by atoms with Crippen LogP contribution in [0, 0.1) is 6.92 Å². The van der Waals surface area contributed by atoms with Crippen LogP contribution < -0.4 is 10.1 Å². The van der Waals surface area contributed by atoms with E-state index in [2.05, 4.69) is 28.6 Å². The molecule has 1 amide bonds. The number of sulfonamides is 1. The van der Waals surface area contributed by atoms with Crippen LogP contribution >= 0.6 is 11.3 Å². The van der Waals surface area contributed by atoms with E-state index >= 15 is 0 Å². The monoisotopic (exact) mass is 523 g/mol. The molecule has 0 saturated heterocycles. The van der Waals surface area contributed by atoms with Crippen LogP contribution in [0.15, 0.2) is 78.7 Å². The van der Waals surface area contributed by atoms with Crippen molar-refractivity contribution in [3.05, 3.63) is 85.1 Å². The van der Waals surface area contributed by atoms with Gasteiger partial charge in [0.05, 0.1) is 27.9 Å². The van der Waals surface area contributed by atoms with E-state index in [0.29, 0.717) is 22.2 Å². The summed E-state index contributed by atoms with van der Waals surface area (Å²) in [6.45, 7) is 9.34. The van der Waals surface area contributed by atoms with Gasteiger partial charge in [0.25, 0.3) is 5.91 Å². The van der Waals surface area contributed by atoms with E-state index in [9.17, 15) is 13.2 Å². The first-order valence-electron chi connectivity index (χ1n) is 10.9. The topological polar surface area (TPSA) is 106 Å². The van der Waals surface area contributed by atoms with E-state index in [-0.39, 0.29) is 18.0 Å². The SMILES string of the molecule is C=CCN(CC=C)S(=O)(=O)c1ccc(C(=O)Nc2cc(C)nn2-c2nc3ccc(OC)cc3s2)cc1. The van der Waals surface area contributed by atoms with Crippen molar-refractivity contribution in [1.29, 1.82) is 0 Å². The van der Waals surface area contributed by atoms with Gasteiger partial charge in [-0.25, -0.2) is 13.4 Å². The summed E-state index contributed by atoms with van der Waals surface area (Å²) >= 11 is 1.42. The number of amides is 1. The summed E-state index contributed by atoms with van der Waals surface area (Å²) in [6, 6.07) is 13.1. The normalized spacial score (nSPS) is 11.5. The number of carbonyl (C=O) groups excluding carboxylic acids is 1. The Bertz CT molecular complexity index is 1530. The number of hydrogen-bond donors (Lipinski definition) is 1. The Morgan fingerprint density at radius 3 is 2.47 bits per heavy atom. The van der Waals surface area contributed by atoms with Crippen LogP contribution in [0.4, 0.5) is 5.82 Å². The third kappa shape index (κ3) is 5.08. The maximum absolute atomic E-state index is 13.0. The average molecular weight is 524 g/mol. The second-order valence-electron chi connectivity index (χ2n) is 7.79. The number of ether oxygens (including phenoxy) is 1. The number of nitrogens with one attached hydrogen (secondary N) is 1. The number of benzene rings is 2. The van der Waals surface area contributed by atoms with E-state index in [4.69, 9.17) is 4.74 Å². The molecule has 0 aliphatic rings. The molecular weight excluding hydrogens is 498 g/mol. The highest BCUT2D eigenvalue weighted by molar-refractivity contribution is 7.89. The van der Waals surface area contributed by atoms with Crippen molar-refractivity contribution in [3.8, 4) is 10.9 Å². The molecule has 2 heterocycles. The zero-order valence-electron chi connectivity index (χ0n) is 19.8. The van der Waals surface area contributed by atoms with Crippen molar-refractivity contribution >= 4 is 43.3 Å². The Kier molecular flexibility index (Phi) is 7.34. The summed E-state index contributed by atoms with van der Waals surface area (Å²) in [4.78, 5) is 17.7. The standard InChI is InChI=1S/C25H25N5O4S2/c1-5-13-29(14-6-2)36(32,33)20-10-7-18(8-11-20)24(31)27-23-15-17(3)28-30(23)25-26-21-12-9-19(34-4)16-22(21)35-25/h5-12,15-16H,1-2,13-14H2,3-4H3,(H,27,31). The molecule has 0 aliphatic carbocycles. The summed E-state index contributed by atoms with van der Waals surface area (Å²) in [7, 11) is -2.15. The van der Waals surface area contributed by atoms with Gasteiger partial charge in [-0.1, -0.05) is 23.5 Å². The lowest BCUT2D eigenvalue weighted by atomic mass is 10.2. The van der Waals surface area contributed by atoms with Crippen molar-refractivity contribution in [2.24, 2.45) is 0 Å². The molecule has 4 rings (SSSR count). The minimum atomic E-state index is -3.75. The number of methoxy groups -OCH3 is 1. The molecule has 0 saturated carbocycles. The molecule has 0 unspecified atom stereocenters. The highest BCUT2D eigenvalue weighted by atomic mass is 32.2. The van der Waals surface area contributed by atoms with E-state index in [0.717, 1.165) is 16.0 Å². The van der Waals surface area contributed by atoms with Crippen molar-refractivity contribution in [2.75, 3.05) is 25.5 Å². The molecule has 0 aliphatic heterocycles. The van der Waals surface area contributed by atoms with Crippen molar-refractivity contribution in [1.82, 2.24) is 19.1 Å². The highest BCUT2D eigenvalue weighted by Gasteiger charge is 2.23. The Hall–Kier alpha value is -3.80. The predicted molar refractivity (Wildman–Crippen MR) is 142 cm³/mol. The third-order valence-electron chi connectivity index (χ3n) is 5.26. The van der Waals surface area contributed by atoms with Crippen molar-refractivity contribution < 1.29 is 17.9 Å². The van der Waals surface area contributed by atoms with Crippen LogP contribution in [0.5, 0.6) is 5.75 Å². The molecule has 11 heteroatoms. The molecule has 0 fully saturated rings. The van der Waals surface area contributed by atoms with Crippen LogP contribution in [-0.4, -0.2) is 53.6 Å². The Morgan fingerprint density at radius 2 is 1.83 bits per heavy atom. The largest absolute Gasteiger partial charge is 0.497 e. The average Bonchev–Trinajstić information content (AvgIpc) is 3.46. The molecule has 1 N–H and O–H groups in total. The number of hydrogen-bond acceptors (Lipinski definition) is 7. The molecule has 0 radical (unpaired) electrons. The highest BCUT2D eigenvalue weighted by Crippen LogP contribution is 2.30. The van der Waals surface area contributed by atoms with Gasteiger partial charge in [0, 0.05) is 24.7 Å². The van der Waals surface area contributed by atoms with Gasteiger partial charge in [-0.05, 0) is 49.4 Å². The number of aryl methyl sites for hydroxylation is 1. The van der Waals surface area contributed by atoms with Gasteiger partial charge >= 0.3 is 0 Å². The van der Waals surface area contributed by atoms with E-state index in [1.807, 2.05) is 25.1 Å². The number of fused-ring (bicyclic) bond motifs is 1. The molecule has 4 aromatic rings. The van der Waals surface area contributed by atoms with Gasteiger partial charge in [-0.3, -0.25) is 4.79 Å². The summed E-state index contributed by atoms with van der Waals surface area (Å²) in [6.07, 6.45) is 3.02. The second kappa shape index (κ2) is 10.4. The maximum Gasteiger partial charge on any atom is 0.256 e. The summed E-state index contributed by atoms with van der Waals surface area (Å²) in [5.74, 6) is 0.769. The molecule has 2 aromatic carbocycles. The first-order chi connectivity index (χ1) is 17.3. The third-order valence-corrected chi connectivity index (χ3v) is 8.10. The molecular formula is C25H25N5O4S2. The zero-order valence-corrected chi connectivity index (χ0v) is 21.5. The van der Waals surface area contributed by atoms with Crippen LogP contribution in [0.25, 0.3) is 15.3 Å². The number of aromatic nitrogens is 3. The number of nitrogens with zero attached hydrogens (tertiary/aromatic N) is 4. The van der Waals surface area contributed by atoms with Crippen LogP contribution in [0.3, 0.4) is 0 Å². The van der Waals surface area contributed by atoms with Crippen LogP contribution in [0.1, 0.15) is 16.1 Å². The number of anilines is 1. The first-order valence-corrected chi connectivity index (χ1v) is 13.2. The maximum atomic E-state index is 13.0. The van der Waals surface area contributed by atoms with Gasteiger partial charge < -0.3 is 10.1 Å². The minimum Gasteiger partial charge on any atom is -0.497 e. The van der Waals surface area contributed by atoms with Crippen molar-refractivity contribution in [3.63, 3.8) is 0 Å². The predicted octanol–water partition coefficient (Wildman–Crippen LogP) is 4.41. The Morgan fingerprint density at radius 1 is 1.14 bits per heavy atom. The summed E-state index contributed by atoms with van der Waals surface area (Å²) in [5, 5.41) is 7.93. The van der Waals surface area contributed by atoms with E-state index < -0.39 is 15.9 Å². The smallest absolute Gasteiger partial charge is 0.256 e. The number of rotatable bonds is 10. The molecule has 36 heavy (non-hydrogen) atoms. The lowest BCUT2D eigenvalue weighted by Gasteiger charge is -2.19. The molecule has 0 bridgehead atoms. The Labute approximate surface area is 213 Å². The van der Waals surface area contributed by atoms with Crippen LogP contribution in [-0.2, 0) is 10.0 Å². The molecule has 2 aromatic heterocycles. The van der Waals surface area contributed by atoms with Crippen LogP contribution in [0.2, 0.25) is 0 Å². The van der Waals surface area contributed by atoms with Gasteiger partial charge in [-0.15, -0.1) is 13.2 Å². The first kappa shape index (κ1) is 25.3. The van der Waals surface area contributed by atoms with Crippen molar-refractivity contribution in [2.45, 2.75) is 11.8 Å². The van der Waals surface area contributed by atoms with Gasteiger partial charge in [-0.2, -0.15) is 14.1 Å². The van der Waals surface area contributed by atoms with E-state index in [1.165, 1.54) is 52.1 Å². The quantitative estimate of drug-likeness (QED) is 0.309. The molecule has 0 atom stereocenters. The minimum absolute atomic E-state index is 0.0774. The van der Waals surface area contributed by atoms with Gasteiger partial charge in [0.15, 0.2) is 0 Å². The Balaban J connectivity index is 1.58. The number of carbonyl (C=O) groups is 1. The van der Waals surface area contributed by atoms with Gasteiger partial charge in [0.1, 0.15) is 11.6 Å². The van der Waals surface area contributed by atoms with Gasteiger partial charge in [0.2, 0.25) is 15.2 Å². The molecule has 9 nitrogen and oxygen atoms in total. The fourth-order valence-corrected chi connectivity index (χ4v) is 5.86. The second-order valence-corrected chi connectivity index (χ2v) is 10.7. The van der Waals surface area contributed by atoms with E-state index in [1.54, 1.807) is 17.9 Å². The summed E-state index contributed by atoms with van der Waals surface area (Å²) < 4.78 is 34.8. The lowest BCUT2D eigenvalue weighted by molar-refractivity contribution is 0.102. The number of thiazole rings is 1. The fraction of sp³-hybridized carbons (Fsp3) is 0.160. The molecule has 186 valence electrons. The zero-order chi connectivity index (χ0) is 25.9. The summed E-state index contributed by atoms with van der Waals surface area (Å²) in [5.41, 5.74) is 1.79. The lowest BCUT2D eigenvalue weighted by Crippen LogP contribution is -2.31.